The van der Waals surface area contributed by atoms with Crippen molar-refractivity contribution in [1.29, 1.82) is 0 Å². The van der Waals surface area contributed by atoms with E-state index in [1.807, 2.05) is 0 Å². The molecule has 1 atom stereocenters. The van der Waals surface area contributed by atoms with Crippen molar-refractivity contribution in [1.82, 2.24) is 9.97 Å². The Bertz CT molecular complexity index is 615. The van der Waals surface area contributed by atoms with E-state index in [1.54, 1.807) is 11.3 Å². The van der Waals surface area contributed by atoms with E-state index in [-0.39, 0.29) is 11.3 Å². The molecule has 0 aromatic carbocycles. The number of nitrogens with one attached hydrogen (secondary N) is 1. The zero-order valence-corrected chi connectivity index (χ0v) is 12.6. The Hall–Kier alpha value is -1.31. The van der Waals surface area contributed by atoms with Crippen LogP contribution in [0.3, 0.4) is 0 Å². The number of hydrogen-bond acceptors (Lipinski definition) is 4. The van der Waals surface area contributed by atoms with E-state index in [2.05, 4.69) is 41.1 Å². The van der Waals surface area contributed by atoms with E-state index in [0.29, 0.717) is 6.42 Å². The molecule has 0 aliphatic rings. The van der Waals surface area contributed by atoms with E-state index in [9.17, 15) is 0 Å². The summed E-state index contributed by atoms with van der Waals surface area (Å²) in [4.78, 5) is 10.8. The summed E-state index contributed by atoms with van der Waals surface area (Å²) in [6, 6.07) is 2.34. The fourth-order valence-corrected chi connectivity index (χ4v) is 3.05. The number of fused-ring (bicyclic) bond motifs is 1. The van der Waals surface area contributed by atoms with Gasteiger partial charge in [-0.15, -0.1) is 23.7 Å². The summed E-state index contributed by atoms with van der Waals surface area (Å²) in [5.41, 5.74) is 0. The van der Waals surface area contributed by atoms with Crippen LogP contribution >= 0.6 is 22.9 Å². The second kappa shape index (κ2) is 6.23. The quantitative estimate of drug-likeness (QED) is 0.665. The van der Waals surface area contributed by atoms with E-state index >= 15 is 0 Å². The molecule has 100 valence electrons. The minimum absolute atomic E-state index is 0.212. The van der Waals surface area contributed by atoms with E-state index < -0.39 is 0 Å². The lowest BCUT2D eigenvalue weighted by atomic mass is 10.1. The van der Waals surface area contributed by atoms with Crippen LogP contribution in [0.1, 0.15) is 31.6 Å². The van der Waals surface area contributed by atoms with Gasteiger partial charge in [0.05, 0.1) is 5.39 Å². The molecule has 19 heavy (non-hydrogen) atoms. The Balaban J connectivity index is 2.41. The summed E-state index contributed by atoms with van der Waals surface area (Å²) in [5, 5.41) is 4.68. The van der Waals surface area contributed by atoms with Crippen LogP contribution in [0.5, 0.6) is 0 Å². The largest absolute Gasteiger partial charge is 0.366 e. The molecular weight excluding hydrogens is 278 g/mol. The first-order chi connectivity index (χ1) is 9.17. The first-order valence-corrected chi connectivity index (χ1v) is 7.53. The highest BCUT2D eigenvalue weighted by atomic mass is 35.5. The fraction of sp³-hybridized carbons (Fsp3) is 0.429. The summed E-state index contributed by atoms with van der Waals surface area (Å²) >= 11 is 7.64. The van der Waals surface area contributed by atoms with Gasteiger partial charge in [0.15, 0.2) is 0 Å². The fourth-order valence-electron chi connectivity index (χ4n) is 1.86. The zero-order chi connectivity index (χ0) is 13.8. The highest BCUT2D eigenvalue weighted by molar-refractivity contribution is 7.18. The lowest BCUT2D eigenvalue weighted by Crippen LogP contribution is -2.18. The van der Waals surface area contributed by atoms with Crippen molar-refractivity contribution in [3.05, 3.63) is 16.2 Å². The van der Waals surface area contributed by atoms with Gasteiger partial charge in [-0.05, 0) is 30.5 Å². The SMILES string of the molecule is C#CCC(CC)Nc1nc(Cl)nc2sc(CC)cc12. The molecule has 1 unspecified atom stereocenters. The van der Waals surface area contributed by atoms with Crippen LogP contribution in [0.25, 0.3) is 10.2 Å². The summed E-state index contributed by atoms with van der Waals surface area (Å²) in [5.74, 6) is 3.47. The molecule has 0 spiro atoms. The Morgan fingerprint density at radius 1 is 1.47 bits per heavy atom. The van der Waals surface area contributed by atoms with Crippen LogP contribution in [0.2, 0.25) is 5.28 Å². The molecule has 0 bridgehead atoms. The number of aromatic nitrogens is 2. The van der Waals surface area contributed by atoms with Gasteiger partial charge in [0.25, 0.3) is 0 Å². The molecule has 3 nitrogen and oxygen atoms in total. The first-order valence-electron chi connectivity index (χ1n) is 6.33. The first kappa shape index (κ1) is 14.1. The van der Waals surface area contributed by atoms with Gasteiger partial charge in [0.2, 0.25) is 5.28 Å². The molecule has 0 fully saturated rings. The van der Waals surface area contributed by atoms with Gasteiger partial charge >= 0.3 is 0 Å². The molecule has 5 heteroatoms. The minimum atomic E-state index is 0.212. The summed E-state index contributed by atoms with van der Waals surface area (Å²) < 4.78 is 0. The van der Waals surface area contributed by atoms with Crippen LogP contribution < -0.4 is 5.32 Å². The predicted octanol–water partition coefficient (Wildman–Crippen LogP) is 4.12. The molecule has 2 aromatic heterocycles. The Kier molecular flexibility index (Phi) is 4.62. The number of rotatable bonds is 5. The molecule has 2 aromatic rings. The molecule has 0 radical (unpaired) electrons. The smallest absolute Gasteiger partial charge is 0.225 e. The summed E-state index contributed by atoms with van der Waals surface area (Å²) in [6.45, 7) is 4.22. The van der Waals surface area contributed by atoms with Crippen LogP contribution in [-0.2, 0) is 6.42 Å². The number of thiophene rings is 1. The molecule has 2 rings (SSSR count). The summed E-state index contributed by atoms with van der Waals surface area (Å²) in [7, 11) is 0. The molecule has 1 N–H and O–H groups in total. The van der Waals surface area contributed by atoms with Crippen molar-refractivity contribution in [2.75, 3.05) is 5.32 Å². The Labute approximate surface area is 122 Å². The molecule has 0 aliphatic heterocycles. The van der Waals surface area contributed by atoms with Gasteiger partial charge in [-0.3, -0.25) is 0 Å². The predicted molar refractivity (Wildman–Crippen MR) is 83.0 cm³/mol. The van der Waals surface area contributed by atoms with Gasteiger partial charge in [0, 0.05) is 17.3 Å². The maximum absolute atomic E-state index is 5.98. The van der Waals surface area contributed by atoms with Gasteiger partial charge in [-0.2, -0.15) is 0 Å². The van der Waals surface area contributed by atoms with Crippen molar-refractivity contribution < 1.29 is 0 Å². The highest BCUT2D eigenvalue weighted by Crippen LogP contribution is 2.30. The molecular formula is C14H16ClN3S. The molecule has 0 saturated carbocycles. The number of aryl methyl sites for hydroxylation is 1. The number of hydrogen-bond donors (Lipinski definition) is 1. The van der Waals surface area contributed by atoms with Crippen molar-refractivity contribution >= 4 is 39.0 Å². The second-order valence-corrected chi connectivity index (χ2v) is 5.74. The van der Waals surface area contributed by atoms with Crippen molar-refractivity contribution in [3.8, 4) is 12.3 Å². The molecule has 0 saturated heterocycles. The monoisotopic (exact) mass is 293 g/mol. The van der Waals surface area contributed by atoms with Gasteiger partial charge in [-0.25, -0.2) is 9.97 Å². The summed E-state index contributed by atoms with van der Waals surface area (Å²) in [6.07, 6.45) is 7.98. The average molecular weight is 294 g/mol. The normalized spacial score (nSPS) is 12.3. The van der Waals surface area contributed by atoms with Crippen LogP contribution in [0.15, 0.2) is 6.07 Å². The third-order valence-corrected chi connectivity index (χ3v) is 4.31. The maximum Gasteiger partial charge on any atom is 0.225 e. The van der Waals surface area contributed by atoms with Gasteiger partial charge in [-0.1, -0.05) is 13.8 Å². The lowest BCUT2D eigenvalue weighted by Gasteiger charge is -2.15. The Morgan fingerprint density at radius 2 is 2.26 bits per heavy atom. The standard InChI is InChI=1S/C14H16ClN3S/c1-4-7-9(5-2)16-12-11-8-10(6-3)19-13(11)18-14(15)17-12/h1,8-9H,5-7H2,2-3H3,(H,16,17,18). The van der Waals surface area contributed by atoms with E-state index in [1.165, 1.54) is 4.88 Å². The molecule has 2 heterocycles. The van der Waals surface area contributed by atoms with Crippen molar-refractivity contribution in [2.24, 2.45) is 0 Å². The van der Waals surface area contributed by atoms with Crippen LogP contribution in [-0.4, -0.2) is 16.0 Å². The third-order valence-electron chi connectivity index (χ3n) is 2.96. The number of halogens is 1. The highest BCUT2D eigenvalue weighted by Gasteiger charge is 2.13. The minimum Gasteiger partial charge on any atom is -0.366 e. The van der Waals surface area contributed by atoms with Gasteiger partial charge in [0.1, 0.15) is 10.6 Å². The Morgan fingerprint density at radius 3 is 2.89 bits per heavy atom. The average Bonchev–Trinajstić information content (AvgIpc) is 2.81. The second-order valence-electron chi connectivity index (χ2n) is 4.28. The topological polar surface area (TPSA) is 37.8 Å². The van der Waals surface area contributed by atoms with Crippen molar-refractivity contribution in [2.45, 2.75) is 39.2 Å². The van der Waals surface area contributed by atoms with E-state index in [0.717, 1.165) is 28.9 Å². The third kappa shape index (κ3) is 3.17. The molecule has 0 aliphatic carbocycles. The van der Waals surface area contributed by atoms with Gasteiger partial charge < -0.3 is 5.32 Å². The van der Waals surface area contributed by atoms with Crippen LogP contribution in [0.4, 0.5) is 5.82 Å². The van der Waals surface area contributed by atoms with Crippen LogP contribution in [0, 0.1) is 12.3 Å². The number of terminal acetylenes is 1. The molecule has 0 amide bonds. The lowest BCUT2D eigenvalue weighted by molar-refractivity contribution is 0.712. The number of anilines is 1. The van der Waals surface area contributed by atoms with E-state index in [4.69, 9.17) is 18.0 Å². The maximum atomic E-state index is 5.98. The van der Waals surface area contributed by atoms with Crippen molar-refractivity contribution in [3.63, 3.8) is 0 Å². The zero-order valence-electron chi connectivity index (χ0n) is 11.0. The number of nitrogens with zero attached hydrogens (tertiary/aromatic N) is 2.